The summed E-state index contributed by atoms with van der Waals surface area (Å²) in [4.78, 5) is 8.38. The molecule has 0 aromatic rings. The molecular weight excluding hydrogens is 254 g/mol. The first-order valence-corrected chi connectivity index (χ1v) is 7.53. The topological polar surface area (TPSA) is 77.0 Å². The molecule has 0 aromatic heterocycles. The summed E-state index contributed by atoms with van der Waals surface area (Å²) in [7, 11) is 0.722. The number of rotatable bonds is 5. The Morgan fingerprint density at radius 1 is 1.50 bits per heavy atom. The second-order valence-corrected chi connectivity index (χ2v) is 7.11. The van der Waals surface area contributed by atoms with Crippen LogP contribution in [0, 0.1) is 0 Å². The third kappa shape index (κ3) is 4.79. The molecule has 0 aliphatic carbocycles. The summed E-state index contributed by atoms with van der Waals surface area (Å²) in [6.07, 6.45) is 0. The zero-order valence-corrected chi connectivity index (χ0v) is 12.3. The molecule has 1 aliphatic heterocycles. The molecule has 1 heterocycles. The molecule has 2 N–H and O–H groups in total. The van der Waals surface area contributed by atoms with Crippen molar-refractivity contribution in [3.63, 3.8) is 0 Å². The minimum absolute atomic E-state index is 0.338. The average Bonchev–Trinajstić information content (AvgIpc) is 2.27. The molecule has 0 unspecified atom stereocenters. The van der Waals surface area contributed by atoms with Crippen LogP contribution < -0.4 is 10.0 Å². The van der Waals surface area contributed by atoms with Gasteiger partial charge in [0.2, 0.25) is 16.0 Å². The summed E-state index contributed by atoms with van der Waals surface area (Å²) in [5.41, 5.74) is 0. The predicted octanol–water partition coefficient (Wildman–Crippen LogP) is -0.948. The van der Waals surface area contributed by atoms with Crippen molar-refractivity contribution in [3.8, 4) is 0 Å². The van der Waals surface area contributed by atoms with Crippen LogP contribution in [0.1, 0.15) is 13.8 Å². The lowest BCUT2D eigenvalue weighted by Gasteiger charge is -2.28. The van der Waals surface area contributed by atoms with Gasteiger partial charge in [0.1, 0.15) is 0 Å². The van der Waals surface area contributed by atoms with Crippen LogP contribution in [0.15, 0.2) is 4.99 Å². The Morgan fingerprint density at radius 3 is 2.61 bits per heavy atom. The van der Waals surface area contributed by atoms with E-state index in [-0.39, 0.29) is 0 Å². The first-order valence-electron chi connectivity index (χ1n) is 5.98. The third-order valence-electron chi connectivity index (χ3n) is 2.62. The van der Waals surface area contributed by atoms with Crippen LogP contribution in [0.5, 0.6) is 0 Å². The van der Waals surface area contributed by atoms with Gasteiger partial charge in [0.15, 0.2) is 0 Å². The van der Waals surface area contributed by atoms with Crippen LogP contribution in [-0.2, 0) is 10.0 Å². The number of hydrogen-bond acceptors (Lipinski definition) is 6. The monoisotopic (exact) mass is 277 g/mol. The Bertz CT molecular complexity index is 391. The number of likely N-dealkylation sites (N-methyl/N-ethyl adjacent to an activating group) is 1. The van der Waals surface area contributed by atoms with Gasteiger partial charge in [-0.15, -0.1) is 0 Å². The Kier molecular flexibility index (Phi) is 5.36. The summed E-state index contributed by atoms with van der Waals surface area (Å²) < 4.78 is 25.7. The van der Waals surface area contributed by atoms with Crippen molar-refractivity contribution < 1.29 is 8.42 Å². The lowest BCUT2D eigenvalue weighted by Crippen LogP contribution is -2.52. The van der Waals surface area contributed by atoms with E-state index in [1.54, 1.807) is 13.8 Å². The zero-order chi connectivity index (χ0) is 13.8. The summed E-state index contributed by atoms with van der Waals surface area (Å²) in [6, 6.07) is 0. The quantitative estimate of drug-likeness (QED) is 0.678. The van der Waals surface area contributed by atoms with E-state index < -0.39 is 15.3 Å². The number of aliphatic imine (C=N–C) groups is 1. The lowest BCUT2D eigenvalue weighted by atomic mass is 10.5. The van der Waals surface area contributed by atoms with Crippen LogP contribution in [0.25, 0.3) is 0 Å². The predicted molar refractivity (Wildman–Crippen MR) is 72.8 cm³/mol. The maximum absolute atomic E-state index is 11.6. The van der Waals surface area contributed by atoms with Gasteiger partial charge in [-0.05, 0) is 27.9 Å². The molecule has 0 saturated carbocycles. The number of nitrogens with zero attached hydrogens (tertiary/aromatic N) is 3. The Morgan fingerprint density at radius 2 is 2.17 bits per heavy atom. The van der Waals surface area contributed by atoms with Crippen molar-refractivity contribution in [1.82, 2.24) is 19.8 Å². The fraction of sp³-hybridized carbons (Fsp3) is 0.900. The molecule has 106 valence electrons. The highest BCUT2D eigenvalue weighted by Gasteiger charge is 2.20. The number of sulfonamides is 1. The second kappa shape index (κ2) is 6.35. The zero-order valence-electron chi connectivity index (χ0n) is 11.5. The minimum atomic E-state index is -3.31. The molecule has 0 saturated heterocycles. The molecule has 7 nitrogen and oxygen atoms in total. The molecule has 8 heteroatoms. The molecular formula is C10H23N5O2S. The molecule has 0 spiro atoms. The van der Waals surface area contributed by atoms with Gasteiger partial charge in [0, 0.05) is 13.1 Å². The molecule has 18 heavy (non-hydrogen) atoms. The number of hydrogen-bond donors (Lipinski definition) is 2. The SMILES string of the molecule is CC(C)S(=O)(=O)NC1=NCN(CCN(C)C)CN1. The van der Waals surface area contributed by atoms with Crippen molar-refractivity contribution in [2.24, 2.45) is 4.99 Å². The van der Waals surface area contributed by atoms with Crippen LogP contribution in [0.2, 0.25) is 0 Å². The largest absolute Gasteiger partial charge is 0.343 e. The van der Waals surface area contributed by atoms with E-state index in [0.717, 1.165) is 13.1 Å². The maximum atomic E-state index is 11.6. The highest BCUT2D eigenvalue weighted by Crippen LogP contribution is 1.98. The summed E-state index contributed by atoms with van der Waals surface area (Å²) in [5, 5.41) is 2.51. The van der Waals surface area contributed by atoms with Gasteiger partial charge in [-0.1, -0.05) is 0 Å². The Balaban J connectivity index is 2.45. The van der Waals surface area contributed by atoms with Crippen molar-refractivity contribution in [2.45, 2.75) is 19.1 Å². The maximum Gasteiger partial charge on any atom is 0.237 e. The molecule has 0 amide bonds. The van der Waals surface area contributed by atoms with E-state index in [1.807, 2.05) is 14.1 Å². The van der Waals surface area contributed by atoms with Crippen LogP contribution in [-0.4, -0.2) is 69.9 Å². The van der Waals surface area contributed by atoms with E-state index in [2.05, 4.69) is 24.8 Å². The van der Waals surface area contributed by atoms with E-state index in [9.17, 15) is 8.42 Å². The normalized spacial score (nSPS) is 17.8. The summed E-state index contributed by atoms with van der Waals surface area (Å²) in [5.74, 6) is 0.338. The molecule has 0 bridgehead atoms. The van der Waals surface area contributed by atoms with Crippen molar-refractivity contribution >= 4 is 16.0 Å². The van der Waals surface area contributed by atoms with Crippen molar-refractivity contribution in [3.05, 3.63) is 0 Å². The van der Waals surface area contributed by atoms with Crippen molar-refractivity contribution in [1.29, 1.82) is 0 Å². The van der Waals surface area contributed by atoms with Crippen molar-refractivity contribution in [2.75, 3.05) is 40.5 Å². The molecule has 1 rings (SSSR count). The standard InChI is InChI=1S/C10H23N5O2S/c1-9(2)18(16,17)13-10-11-7-15(8-12-10)6-5-14(3)4/h9H,5-8H2,1-4H3,(H2,11,12,13). The average molecular weight is 277 g/mol. The fourth-order valence-electron chi connectivity index (χ4n) is 1.28. The van der Waals surface area contributed by atoms with Gasteiger partial charge in [-0.25, -0.2) is 13.4 Å². The first kappa shape index (κ1) is 15.2. The molecule has 1 aliphatic rings. The van der Waals surface area contributed by atoms with Gasteiger partial charge >= 0.3 is 0 Å². The summed E-state index contributed by atoms with van der Waals surface area (Å²) in [6.45, 7) is 6.23. The third-order valence-corrected chi connectivity index (χ3v) is 4.34. The molecule has 0 aromatic carbocycles. The van der Waals surface area contributed by atoms with Gasteiger partial charge < -0.3 is 10.2 Å². The van der Waals surface area contributed by atoms with E-state index in [4.69, 9.17) is 0 Å². The van der Waals surface area contributed by atoms with Crippen LogP contribution in [0.3, 0.4) is 0 Å². The summed E-state index contributed by atoms with van der Waals surface area (Å²) >= 11 is 0. The Hall–Kier alpha value is -0.860. The molecule has 0 fully saturated rings. The lowest BCUT2D eigenvalue weighted by molar-refractivity contribution is 0.233. The molecule has 0 radical (unpaired) electrons. The minimum Gasteiger partial charge on any atom is -0.343 e. The van der Waals surface area contributed by atoms with Gasteiger partial charge in [-0.2, -0.15) is 0 Å². The second-order valence-electron chi connectivity index (χ2n) is 4.88. The van der Waals surface area contributed by atoms with Crippen LogP contribution >= 0.6 is 0 Å². The van der Waals surface area contributed by atoms with E-state index in [1.165, 1.54) is 0 Å². The van der Waals surface area contributed by atoms with Gasteiger partial charge in [-0.3, -0.25) is 9.62 Å². The highest BCUT2D eigenvalue weighted by atomic mass is 32.2. The Labute approximate surface area is 109 Å². The van der Waals surface area contributed by atoms with Gasteiger partial charge in [0.25, 0.3) is 0 Å². The number of nitrogens with one attached hydrogen (secondary N) is 2. The number of guanidine groups is 1. The highest BCUT2D eigenvalue weighted by molar-refractivity contribution is 7.90. The van der Waals surface area contributed by atoms with E-state index in [0.29, 0.717) is 19.3 Å². The van der Waals surface area contributed by atoms with E-state index >= 15 is 0 Å². The van der Waals surface area contributed by atoms with Gasteiger partial charge in [0.05, 0.1) is 18.6 Å². The smallest absolute Gasteiger partial charge is 0.237 e. The molecule has 0 atom stereocenters. The first-order chi connectivity index (χ1) is 8.31. The fourth-order valence-corrected chi connectivity index (χ4v) is 1.92. The van der Waals surface area contributed by atoms with Crippen LogP contribution in [0.4, 0.5) is 0 Å².